The van der Waals surface area contributed by atoms with E-state index >= 15 is 0 Å². The molecule has 9 heteroatoms. The van der Waals surface area contributed by atoms with E-state index in [0.717, 1.165) is 36.2 Å². The van der Waals surface area contributed by atoms with Crippen LogP contribution in [0.3, 0.4) is 0 Å². The molecule has 2 aromatic heterocycles. The minimum Gasteiger partial charge on any atom is -0.356 e. The van der Waals surface area contributed by atoms with E-state index in [1.54, 1.807) is 29.7 Å². The van der Waals surface area contributed by atoms with E-state index in [2.05, 4.69) is 32.1 Å². The number of guanidine groups is 1. The largest absolute Gasteiger partial charge is 0.356 e. The van der Waals surface area contributed by atoms with Gasteiger partial charge in [-0.05, 0) is 30.4 Å². The van der Waals surface area contributed by atoms with Crippen molar-refractivity contribution < 1.29 is 4.79 Å². The number of halogens is 1. The summed E-state index contributed by atoms with van der Waals surface area (Å²) in [5.41, 5.74) is 2.34. The van der Waals surface area contributed by atoms with E-state index in [0.29, 0.717) is 19.5 Å². The molecule has 27 heavy (non-hydrogen) atoms. The van der Waals surface area contributed by atoms with Crippen molar-refractivity contribution in [2.45, 2.75) is 32.9 Å². The molecule has 0 aliphatic carbocycles. The van der Waals surface area contributed by atoms with Crippen molar-refractivity contribution in [3.05, 3.63) is 38.0 Å². The number of hydrogen-bond acceptors (Lipinski definition) is 5. The lowest BCUT2D eigenvalue weighted by molar-refractivity contribution is -0.131. The van der Waals surface area contributed by atoms with Crippen LogP contribution in [0.25, 0.3) is 0 Å². The molecule has 1 aliphatic heterocycles. The van der Waals surface area contributed by atoms with Crippen LogP contribution < -0.4 is 5.32 Å². The number of thiazole rings is 1. The molecular weight excluding hydrogens is 493 g/mol. The van der Waals surface area contributed by atoms with Crippen molar-refractivity contribution in [1.29, 1.82) is 0 Å². The maximum atomic E-state index is 12.5. The number of aliphatic imine (C=N–C) groups is 1. The number of nitrogens with zero attached hydrogens (tertiary/aromatic N) is 4. The topological polar surface area (TPSA) is 60.8 Å². The van der Waals surface area contributed by atoms with Crippen LogP contribution in [0.4, 0.5) is 0 Å². The van der Waals surface area contributed by atoms with Gasteiger partial charge in [-0.25, -0.2) is 4.98 Å². The number of amides is 1. The highest BCUT2D eigenvalue weighted by Gasteiger charge is 2.21. The van der Waals surface area contributed by atoms with Gasteiger partial charge >= 0.3 is 0 Å². The second-order valence-corrected chi connectivity index (χ2v) is 8.44. The van der Waals surface area contributed by atoms with Gasteiger partial charge in [0.05, 0.1) is 17.2 Å². The first kappa shape index (κ1) is 22.1. The fourth-order valence-electron chi connectivity index (χ4n) is 3.08. The molecule has 6 nitrogen and oxygen atoms in total. The normalized spacial score (nSPS) is 13.7. The zero-order chi connectivity index (χ0) is 18.5. The van der Waals surface area contributed by atoms with Gasteiger partial charge in [-0.1, -0.05) is 0 Å². The Morgan fingerprint density at radius 1 is 1.44 bits per heavy atom. The molecule has 3 rings (SSSR count). The van der Waals surface area contributed by atoms with Crippen LogP contribution in [0.1, 0.15) is 27.6 Å². The molecule has 148 valence electrons. The zero-order valence-corrected chi connectivity index (χ0v) is 19.9. The first-order valence-corrected chi connectivity index (χ1v) is 10.5. The van der Waals surface area contributed by atoms with Crippen LogP contribution in [0.5, 0.6) is 0 Å². The summed E-state index contributed by atoms with van der Waals surface area (Å²) >= 11 is 3.44. The number of nitrogens with one attached hydrogen (secondary N) is 1. The Kier molecular flexibility index (Phi) is 8.49. The van der Waals surface area contributed by atoms with Gasteiger partial charge in [0, 0.05) is 50.4 Å². The molecule has 0 unspecified atom stereocenters. The predicted octanol–water partition coefficient (Wildman–Crippen LogP) is 3.11. The van der Waals surface area contributed by atoms with Crippen molar-refractivity contribution in [3.8, 4) is 0 Å². The molecule has 0 radical (unpaired) electrons. The first-order valence-electron chi connectivity index (χ1n) is 8.72. The van der Waals surface area contributed by atoms with E-state index in [9.17, 15) is 4.79 Å². The smallest absolute Gasteiger partial charge is 0.224 e. The third-order valence-electron chi connectivity index (χ3n) is 4.42. The van der Waals surface area contributed by atoms with Crippen molar-refractivity contribution in [3.63, 3.8) is 0 Å². The average molecular weight is 519 g/mol. The lowest BCUT2D eigenvalue weighted by atomic mass is 10.1. The van der Waals surface area contributed by atoms with Gasteiger partial charge in [-0.3, -0.25) is 9.79 Å². The van der Waals surface area contributed by atoms with Crippen LogP contribution in [0, 0.1) is 6.92 Å². The highest BCUT2D eigenvalue weighted by atomic mass is 127. The number of rotatable bonds is 5. The number of aryl methyl sites for hydroxylation is 1. The second-order valence-electron chi connectivity index (χ2n) is 6.37. The van der Waals surface area contributed by atoms with E-state index in [-0.39, 0.29) is 29.9 Å². The molecule has 1 amide bonds. The SMILES string of the molecule is CN=C(NCCC(=O)N1CCc2sccc2C1)N(C)Cc1csc(C)n1.I. The standard InChI is InChI=1S/C18H25N5OS2.HI/c1-13-21-15(12-26-13)11-22(3)18(19-2)20-7-4-17(24)23-8-5-16-14(10-23)6-9-25-16;/h6,9,12H,4-5,7-8,10-11H2,1-3H3,(H,19,20);1H. The Morgan fingerprint density at radius 3 is 2.96 bits per heavy atom. The molecule has 0 saturated carbocycles. The minimum absolute atomic E-state index is 0. The van der Waals surface area contributed by atoms with Gasteiger partial charge in [0.25, 0.3) is 0 Å². The molecule has 0 saturated heterocycles. The lowest BCUT2D eigenvalue weighted by Gasteiger charge is -2.27. The molecule has 1 aliphatic rings. The molecule has 2 aromatic rings. The molecule has 0 fully saturated rings. The summed E-state index contributed by atoms with van der Waals surface area (Å²) in [4.78, 5) is 26.7. The van der Waals surface area contributed by atoms with Gasteiger partial charge in [0.1, 0.15) is 0 Å². The zero-order valence-electron chi connectivity index (χ0n) is 15.9. The fraction of sp³-hybridized carbons (Fsp3) is 0.500. The fourth-order valence-corrected chi connectivity index (χ4v) is 4.58. The maximum Gasteiger partial charge on any atom is 0.224 e. The number of carbonyl (C=O) groups excluding carboxylic acids is 1. The number of fused-ring (bicyclic) bond motifs is 1. The van der Waals surface area contributed by atoms with Crippen molar-refractivity contribution in [2.24, 2.45) is 4.99 Å². The Balaban J connectivity index is 0.00000261. The van der Waals surface area contributed by atoms with Crippen molar-refractivity contribution in [2.75, 3.05) is 27.2 Å². The number of hydrogen-bond donors (Lipinski definition) is 1. The van der Waals surface area contributed by atoms with Crippen LogP contribution >= 0.6 is 46.7 Å². The van der Waals surface area contributed by atoms with E-state index < -0.39 is 0 Å². The summed E-state index contributed by atoms with van der Waals surface area (Å²) < 4.78 is 0. The van der Waals surface area contributed by atoms with Gasteiger partial charge < -0.3 is 15.1 Å². The minimum atomic E-state index is 0. The number of thiophene rings is 1. The molecule has 1 N–H and O–H groups in total. The van der Waals surface area contributed by atoms with Gasteiger partial charge in [-0.15, -0.1) is 46.7 Å². The first-order chi connectivity index (χ1) is 12.6. The maximum absolute atomic E-state index is 12.5. The molecule has 3 heterocycles. The number of carbonyl (C=O) groups is 1. The van der Waals surface area contributed by atoms with Gasteiger partial charge in [-0.2, -0.15) is 0 Å². The summed E-state index contributed by atoms with van der Waals surface area (Å²) in [7, 11) is 3.74. The molecule has 0 spiro atoms. The van der Waals surface area contributed by atoms with Gasteiger partial charge in [0.2, 0.25) is 5.91 Å². The van der Waals surface area contributed by atoms with Crippen LogP contribution in [-0.2, 0) is 24.3 Å². The van der Waals surface area contributed by atoms with E-state index in [1.165, 1.54) is 10.4 Å². The quantitative estimate of drug-likeness (QED) is 0.375. The Morgan fingerprint density at radius 2 is 2.26 bits per heavy atom. The Hall–Kier alpha value is -1.20. The van der Waals surface area contributed by atoms with Crippen LogP contribution in [-0.4, -0.2) is 53.8 Å². The average Bonchev–Trinajstić information content (AvgIpc) is 3.26. The lowest BCUT2D eigenvalue weighted by Crippen LogP contribution is -2.41. The summed E-state index contributed by atoms with van der Waals surface area (Å²) in [6.07, 6.45) is 1.45. The highest BCUT2D eigenvalue weighted by molar-refractivity contribution is 14.0. The molecular formula is C18H26IN5OS2. The predicted molar refractivity (Wildman–Crippen MR) is 123 cm³/mol. The van der Waals surface area contributed by atoms with Gasteiger partial charge in [0.15, 0.2) is 5.96 Å². The van der Waals surface area contributed by atoms with Crippen LogP contribution in [0.2, 0.25) is 0 Å². The van der Waals surface area contributed by atoms with E-state index in [1.807, 2.05) is 23.8 Å². The number of aromatic nitrogens is 1. The third kappa shape index (κ3) is 5.89. The summed E-state index contributed by atoms with van der Waals surface area (Å²) in [6, 6.07) is 2.13. The van der Waals surface area contributed by atoms with Crippen LogP contribution in [0.15, 0.2) is 21.8 Å². The molecule has 0 bridgehead atoms. The summed E-state index contributed by atoms with van der Waals surface area (Å²) in [6.45, 7) is 4.86. The van der Waals surface area contributed by atoms with Crippen molar-refractivity contribution in [1.82, 2.24) is 20.1 Å². The second kappa shape index (κ2) is 10.4. The molecule has 0 atom stereocenters. The summed E-state index contributed by atoms with van der Waals surface area (Å²) in [5.74, 6) is 0.977. The summed E-state index contributed by atoms with van der Waals surface area (Å²) in [5, 5.41) is 8.54. The van der Waals surface area contributed by atoms with Crippen molar-refractivity contribution >= 4 is 58.5 Å². The monoisotopic (exact) mass is 519 g/mol. The Bertz CT molecular complexity index is 788. The Labute approximate surface area is 185 Å². The highest BCUT2D eigenvalue weighted by Crippen LogP contribution is 2.24. The molecule has 0 aromatic carbocycles. The van der Waals surface area contributed by atoms with E-state index in [4.69, 9.17) is 0 Å². The third-order valence-corrected chi connectivity index (χ3v) is 6.27.